The maximum Gasteiger partial charge on any atom is 0.178 e. The molecule has 0 amide bonds. The average molecular weight is 297 g/mol. The summed E-state index contributed by atoms with van der Waals surface area (Å²) in [5.74, 6) is 0. The Morgan fingerprint density at radius 1 is 1.47 bits per heavy atom. The number of benzene rings is 1. The van der Waals surface area contributed by atoms with Gasteiger partial charge in [-0.3, -0.25) is 0 Å². The standard InChI is InChI=1S/C14H17ClN2OS/c1-18-7-6-14(4-5-14)9-17-12-8-10(15)2-3-11(12)16-13(17)19/h2-3,8H,4-7,9H2,1H3,(H,16,19). The first-order valence-electron chi connectivity index (χ1n) is 6.51. The number of aromatic amines is 1. The van der Waals surface area contributed by atoms with Gasteiger partial charge in [-0.1, -0.05) is 11.6 Å². The van der Waals surface area contributed by atoms with Gasteiger partial charge in [0.2, 0.25) is 0 Å². The summed E-state index contributed by atoms with van der Waals surface area (Å²) in [7, 11) is 1.76. The summed E-state index contributed by atoms with van der Waals surface area (Å²) >= 11 is 11.5. The van der Waals surface area contributed by atoms with Gasteiger partial charge >= 0.3 is 0 Å². The Morgan fingerprint density at radius 3 is 2.95 bits per heavy atom. The third kappa shape index (κ3) is 2.57. The predicted molar refractivity (Wildman–Crippen MR) is 80.3 cm³/mol. The summed E-state index contributed by atoms with van der Waals surface area (Å²) in [6.45, 7) is 1.77. The Kier molecular flexibility index (Phi) is 3.41. The van der Waals surface area contributed by atoms with Crippen LogP contribution in [0.5, 0.6) is 0 Å². The second-order valence-electron chi connectivity index (χ2n) is 5.42. The Bertz CT molecular complexity index is 657. The van der Waals surface area contributed by atoms with Crippen LogP contribution in [0.3, 0.4) is 0 Å². The summed E-state index contributed by atoms with van der Waals surface area (Å²) in [5.41, 5.74) is 2.52. The quantitative estimate of drug-likeness (QED) is 0.839. The van der Waals surface area contributed by atoms with E-state index in [0.717, 1.165) is 40.4 Å². The molecule has 102 valence electrons. The van der Waals surface area contributed by atoms with Crippen LogP contribution in [0, 0.1) is 10.2 Å². The molecule has 0 unspecified atom stereocenters. The first kappa shape index (κ1) is 13.2. The normalized spacial score (nSPS) is 16.9. The van der Waals surface area contributed by atoms with Crippen LogP contribution in [-0.2, 0) is 11.3 Å². The highest BCUT2D eigenvalue weighted by Gasteiger charge is 2.42. The lowest BCUT2D eigenvalue weighted by Crippen LogP contribution is -2.14. The van der Waals surface area contributed by atoms with Gasteiger partial charge in [0.05, 0.1) is 11.0 Å². The molecule has 1 aromatic heterocycles. The van der Waals surface area contributed by atoms with Crippen LogP contribution < -0.4 is 0 Å². The molecule has 1 aromatic carbocycles. The molecule has 0 spiro atoms. The molecule has 19 heavy (non-hydrogen) atoms. The van der Waals surface area contributed by atoms with Crippen LogP contribution in [0.4, 0.5) is 0 Å². The van der Waals surface area contributed by atoms with E-state index < -0.39 is 0 Å². The van der Waals surface area contributed by atoms with Crippen molar-refractivity contribution in [1.29, 1.82) is 0 Å². The zero-order valence-corrected chi connectivity index (χ0v) is 12.5. The fourth-order valence-corrected chi connectivity index (χ4v) is 3.04. The number of halogens is 1. The molecule has 5 heteroatoms. The van der Waals surface area contributed by atoms with Crippen LogP contribution in [-0.4, -0.2) is 23.3 Å². The van der Waals surface area contributed by atoms with Gasteiger partial charge in [-0.25, -0.2) is 0 Å². The largest absolute Gasteiger partial charge is 0.385 e. The molecule has 1 aliphatic carbocycles. The van der Waals surface area contributed by atoms with Gasteiger partial charge in [0.15, 0.2) is 4.77 Å². The number of aromatic nitrogens is 2. The summed E-state index contributed by atoms with van der Waals surface area (Å²) in [6, 6.07) is 5.85. The third-order valence-electron chi connectivity index (χ3n) is 4.02. The van der Waals surface area contributed by atoms with E-state index in [0.29, 0.717) is 5.41 Å². The lowest BCUT2D eigenvalue weighted by Gasteiger charge is -2.16. The molecule has 1 aliphatic rings. The van der Waals surface area contributed by atoms with Crippen molar-refractivity contribution in [3.05, 3.63) is 28.0 Å². The van der Waals surface area contributed by atoms with Crippen LogP contribution in [0.25, 0.3) is 11.0 Å². The maximum absolute atomic E-state index is 6.09. The van der Waals surface area contributed by atoms with Crippen LogP contribution in [0.2, 0.25) is 5.02 Å². The number of rotatable bonds is 5. The Labute approximate surface area is 122 Å². The molecule has 3 rings (SSSR count). The van der Waals surface area contributed by atoms with Crippen molar-refractivity contribution in [2.75, 3.05) is 13.7 Å². The summed E-state index contributed by atoms with van der Waals surface area (Å²) < 4.78 is 8.17. The number of H-pyrrole nitrogens is 1. The second-order valence-corrected chi connectivity index (χ2v) is 6.24. The summed E-state index contributed by atoms with van der Waals surface area (Å²) in [4.78, 5) is 3.25. The van der Waals surface area contributed by atoms with Gasteiger partial charge in [0.1, 0.15) is 0 Å². The van der Waals surface area contributed by atoms with E-state index in [9.17, 15) is 0 Å². The third-order valence-corrected chi connectivity index (χ3v) is 4.58. The lowest BCUT2D eigenvalue weighted by atomic mass is 10.0. The van der Waals surface area contributed by atoms with Gasteiger partial charge in [-0.05, 0) is 55.1 Å². The Hall–Kier alpha value is -0.840. The van der Waals surface area contributed by atoms with Crippen molar-refractivity contribution >= 4 is 34.9 Å². The van der Waals surface area contributed by atoms with E-state index >= 15 is 0 Å². The highest BCUT2D eigenvalue weighted by Crippen LogP contribution is 2.50. The van der Waals surface area contributed by atoms with E-state index in [1.54, 1.807) is 7.11 Å². The monoisotopic (exact) mass is 296 g/mol. The highest BCUT2D eigenvalue weighted by molar-refractivity contribution is 7.71. The van der Waals surface area contributed by atoms with Crippen molar-refractivity contribution in [2.45, 2.75) is 25.8 Å². The van der Waals surface area contributed by atoms with Crippen LogP contribution in [0.1, 0.15) is 19.3 Å². The van der Waals surface area contributed by atoms with E-state index in [1.165, 1.54) is 12.8 Å². The minimum atomic E-state index is 0.367. The number of ether oxygens (including phenoxy) is 1. The zero-order valence-electron chi connectivity index (χ0n) is 10.9. The van der Waals surface area contributed by atoms with E-state index in [4.69, 9.17) is 28.6 Å². The molecule has 0 aliphatic heterocycles. The minimum Gasteiger partial charge on any atom is -0.385 e. The minimum absolute atomic E-state index is 0.367. The fourth-order valence-electron chi connectivity index (χ4n) is 2.60. The first-order valence-corrected chi connectivity index (χ1v) is 7.29. The number of nitrogens with one attached hydrogen (secondary N) is 1. The molecule has 1 N–H and O–H groups in total. The molecule has 1 fully saturated rings. The van der Waals surface area contributed by atoms with Gasteiger partial charge in [0, 0.05) is 25.3 Å². The second kappa shape index (κ2) is 4.93. The molecule has 0 saturated heterocycles. The molecule has 3 nitrogen and oxygen atoms in total. The van der Waals surface area contributed by atoms with Gasteiger partial charge < -0.3 is 14.3 Å². The lowest BCUT2D eigenvalue weighted by molar-refractivity contribution is 0.167. The smallest absolute Gasteiger partial charge is 0.178 e. The van der Waals surface area contributed by atoms with Crippen molar-refractivity contribution in [2.24, 2.45) is 5.41 Å². The number of methoxy groups -OCH3 is 1. The molecule has 2 aromatic rings. The summed E-state index contributed by atoms with van der Waals surface area (Å²) in [5, 5.41) is 0.747. The van der Waals surface area contributed by atoms with Crippen molar-refractivity contribution < 1.29 is 4.74 Å². The van der Waals surface area contributed by atoms with Crippen LogP contribution >= 0.6 is 23.8 Å². The molecule has 1 heterocycles. The number of nitrogens with zero attached hydrogens (tertiary/aromatic N) is 1. The topological polar surface area (TPSA) is 29.9 Å². The predicted octanol–water partition coefficient (Wildman–Crippen LogP) is 4.17. The highest BCUT2D eigenvalue weighted by atomic mass is 35.5. The number of fused-ring (bicyclic) bond motifs is 1. The molecular formula is C14H17ClN2OS. The Balaban J connectivity index is 1.94. The molecule has 0 bridgehead atoms. The van der Waals surface area contributed by atoms with E-state index in [1.807, 2.05) is 18.2 Å². The van der Waals surface area contributed by atoms with E-state index in [2.05, 4.69) is 9.55 Å². The van der Waals surface area contributed by atoms with Gasteiger partial charge in [-0.15, -0.1) is 0 Å². The number of hydrogen-bond donors (Lipinski definition) is 1. The zero-order chi connectivity index (χ0) is 13.5. The van der Waals surface area contributed by atoms with Crippen LogP contribution in [0.15, 0.2) is 18.2 Å². The maximum atomic E-state index is 6.09. The number of hydrogen-bond acceptors (Lipinski definition) is 2. The first-order chi connectivity index (χ1) is 9.13. The molecule has 0 radical (unpaired) electrons. The van der Waals surface area contributed by atoms with Crippen molar-refractivity contribution in [3.63, 3.8) is 0 Å². The van der Waals surface area contributed by atoms with Crippen molar-refractivity contribution in [3.8, 4) is 0 Å². The van der Waals surface area contributed by atoms with Crippen molar-refractivity contribution in [1.82, 2.24) is 9.55 Å². The summed E-state index contributed by atoms with van der Waals surface area (Å²) in [6.07, 6.45) is 3.61. The molecule has 0 atom stereocenters. The number of imidazole rings is 1. The molecular weight excluding hydrogens is 280 g/mol. The fraction of sp³-hybridized carbons (Fsp3) is 0.500. The molecule has 1 saturated carbocycles. The Morgan fingerprint density at radius 2 is 2.26 bits per heavy atom. The van der Waals surface area contributed by atoms with Gasteiger partial charge in [-0.2, -0.15) is 0 Å². The van der Waals surface area contributed by atoms with Gasteiger partial charge in [0.25, 0.3) is 0 Å². The van der Waals surface area contributed by atoms with E-state index in [-0.39, 0.29) is 0 Å². The SMILES string of the molecule is COCCC1(Cn2c(=S)[nH]c3ccc(Cl)cc32)CC1. The average Bonchev–Trinajstić information content (AvgIpc) is 3.09.